The summed E-state index contributed by atoms with van der Waals surface area (Å²) in [6, 6.07) is 6.19. The Morgan fingerprint density at radius 1 is 1.10 bits per heavy atom. The van der Waals surface area contributed by atoms with Gasteiger partial charge in [0.05, 0.1) is 31.5 Å². The Hall–Kier alpha value is -1.04. The Labute approximate surface area is 126 Å². The molecule has 0 spiro atoms. The molecule has 21 heavy (non-hydrogen) atoms. The van der Waals surface area contributed by atoms with Gasteiger partial charge in [-0.1, -0.05) is 12.1 Å². The fourth-order valence-corrected chi connectivity index (χ4v) is 2.61. The van der Waals surface area contributed by atoms with Gasteiger partial charge in [0.2, 0.25) is 0 Å². The van der Waals surface area contributed by atoms with Gasteiger partial charge in [0, 0.05) is 11.5 Å². The Kier molecular flexibility index (Phi) is 3.55. The smallest absolute Gasteiger partial charge is 0.494 e. The SMILES string of the molecule is COc1cc(B2OC(C)(C)C(C)(C)O2)ccc1C1COC1. The maximum Gasteiger partial charge on any atom is 0.494 e. The van der Waals surface area contributed by atoms with Crippen LogP contribution in [-0.4, -0.2) is 38.6 Å². The van der Waals surface area contributed by atoms with Gasteiger partial charge in [0.25, 0.3) is 0 Å². The van der Waals surface area contributed by atoms with Gasteiger partial charge in [-0.15, -0.1) is 0 Å². The first-order valence-corrected chi connectivity index (χ1v) is 7.45. The fraction of sp³-hybridized carbons (Fsp3) is 0.625. The summed E-state index contributed by atoms with van der Waals surface area (Å²) >= 11 is 0. The first-order valence-electron chi connectivity index (χ1n) is 7.45. The zero-order valence-corrected chi connectivity index (χ0v) is 13.4. The van der Waals surface area contributed by atoms with Crippen molar-refractivity contribution in [2.24, 2.45) is 0 Å². The number of methoxy groups -OCH3 is 1. The maximum absolute atomic E-state index is 6.09. The third-order valence-electron chi connectivity index (χ3n) is 4.86. The van der Waals surface area contributed by atoms with E-state index in [1.807, 2.05) is 6.07 Å². The Balaban J connectivity index is 1.87. The lowest BCUT2D eigenvalue weighted by Crippen LogP contribution is -2.41. The van der Waals surface area contributed by atoms with Crippen LogP contribution in [0.3, 0.4) is 0 Å². The van der Waals surface area contributed by atoms with E-state index in [4.69, 9.17) is 18.8 Å². The van der Waals surface area contributed by atoms with Crippen LogP contribution in [0.5, 0.6) is 5.75 Å². The van der Waals surface area contributed by atoms with E-state index in [-0.39, 0.29) is 18.3 Å². The highest BCUT2D eigenvalue weighted by Gasteiger charge is 2.51. The largest absolute Gasteiger partial charge is 0.496 e. The molecule has 2 aliphatic rings. The number of ether oxygens (including phenoxy) is 2. The van der Waals surface area contributed by atoms with Crippen molar-refractivity contribution in [2.45, 2.75) is 44.8 Å². The van der Waals surface area contributed by atoms with Crippen LogP contribution >= 0.6 is 0 Å². The van der Waals surface area contributed by atoms with Gasteiger partial charge in [-0.25, -0.2) is 0 Å². The second kappa shape index (κ2) is 5.01. The van der Waals surface area contributed by atoms with Gasteiger partial charge >= 0.3 is 7.12 Å². The Morgan fingerprint density at radius 2 is 1.71 bits per heavy atom. The molecule has 2 aliphatic heterocycles. The highest BCUT2D eigenvalue weighted by atomic mass is 16.7. The monoisotopic (exact) mass is 290 g/mol. The topological polar surface area (TPSA) is 36.9 Å². The van der Waals surface area contributed by atoms with E-state index < -0.39 is 0 Å². The van der Waals surface area contributed by atoms with Gasteiger partial charge < -0.3 is 18.8 Å². The summed E-state index contributed by atoms with van der Waals surface area (Å²) in [6.45, 7) is 9.78. The molecule has 0 saturated carbocycles. The highest BCUT2D eigenvalue weighted by molar-refractivity contribution is 6.62. The third kappa shape index (κ3) is 2.47. The summed E-state index contributed by atoms with van der Waals surface area (Å²) in [4.78, 5) is 0. The minimum Gasteiger partial charge on any atom is -0.496 e. The lowest BCUT2D eigenvalue weighted by molar-refractivity contribution is 0.00578. The molecule has 1 aromatic rings. The minimum atomic E-state index is -0.351. The van der Waals surface area contributed by atoms with Crippen molar-refractivity contribution >= 4 is 12.6 Å². The summed E-state index contributed by atoms with van der Waals surface area (Å²) < 4.78 is 23.0. The van der Waals surface area contributed by atoms with Gasteiger partial charge in [0.15, 0.2) is 0 Å². The van der Waals surface area contributed by atoms with Crippen LogP contribution in [0.1, 0.15) is 39.2 Å². The molecule has 0 radical (unpaired) electrons. The van der Waals surface area contributed by atoms with Crippen molar-refractivity contribution in [2.75, 3.05) is 20.3 Å². The summed E-state index contributed by atoms with van der Waals surface area (Å²) in [7, 11) is 1.35. The zero-order chi connectivity index (χ0) is 15.3. The summed E-state index contributed by atoms with van der Waals surface area (Å²) in [6.07, 6.45) is 0. The molecule has 5 heteroatoms. The lowest BCUT2D eigenvalue weighted by atomic mass is 9.77. The predicted octanol–water partition coefficient (Wildman–Crippen LogP) is 2.11. The van der Waals surface area contributed by atoms with Gasteiger partial charge in [-0.2, -0.15) is 0 Å². The quantitative estimate of drug-likeness (QED) is 0.799. The molecule has 0 aromatic heterocycles. The van der Waals surface area contributed by atoms with Crippen LogP contribution < -0.4 is 10.2 Å². The predicted molar refractivity (Wildman–Crippen MR) is 82.3 cm³/mol. The molecular weight excluding hydrogens is 267 g/mol. The first-order chi connectivity index (χ1) is 9.84. The lowest BCUT2D eigenvalue weighted by Gasteiger charge is -2.32. The van der Waals surface area contributed by atoms with Crippen molar-refractivity contribution in [3.8, 4) is 5.75 Å². The molecule has 0 amide bonds. The molecule has 114 valence electrons. The molecular formula is C16H23BO4. The molecule has 0 N–H and O–H groups in total. The van der Waals surface area contributed by atoms with Gasteiger partial charge in [-0.05, 0) is 39.2 Å². The van der Waals surface area contributed by atoms with E-state index in [1.54, 1.807) is 7.11 Å². The molecule has 0 aliphatic carbocycles. The van der Waals surface area contributed by atoms with E-state index in [2.05, 4.69) is 39.8 Å². The molecule has 0 unspecified atom stereocenters. The molecule has 2 saturated heterocycles. The first kappa shape index (κ1) is 14.9. The van der Waals surface area contributed by atoms with E-state index in [0.717, 1.165) is 24.4 Å². The summed E-state index contributed by atoms with van der Waals surface area (Å²) in [5.74, 6) is 1.32. The summed E-state index contributed by atoms with van der Waals surface area (Å²) in [5.41, 5.74) is 1.54. The number of hydrogen-bond donors (Lipinski definition) is 0. The van der Waals surface area contributed by atoms with E-state index >= 15 is 0 Å². The molecule has 3 rings (SSSR count). The summed E-state index contributed by atoms with van der Waals surface area (Å²) in [5, 5.41) is 0. The molecule has 0 bridgehead atoms. The van der Waals surface area contributed by atoms with Crippen molar-refractivity contribution in [1.29, 1.82) is 0 Å². The minimum absolute atomic E-state index is 0.328. The Morgan fingerprint density at radius 3 is 2.19 bits per heavy atom. The second-order valence-corrected chi connectivity index (χ2v) is 6.82. The number of benzene rings is 1. The van der Waals surface area contributed by atoms with Crippen molar-refractivity contribution < 1.29 is 18.8 Å². The average Bonchev–Trinajstić information content (AvgIpc) is 2.57. The van der Waals surface area contributed by atoms with Crippen LogP contribution in [0.15, 0.2) is 18.2 Å². The fourth-order valence-electron chi connectivity index (χ4n) is 2.61. The van der Waals surface area contributed by atoms with Crippen LogP contribution in [0.25, 0.3) is 0 Å². The van der Waals surface area contributed by atoms with E-state index in [1.165, 1.54) is 5.56 Å². The molecule has 4 nitrogen and oxygen atoms in total. The van der Waals surface area contributed by atoms with Crippen molar-refractivity contribution in [3.63, 3.8) is 0 Å². The average molecular weight is 290 g/mol. The molecule has 1 aromatic carbocycles. The van der Waals surface area contributed by atoms with Crippen LogP contribution in [-0.2, 0) is 14.0 Å². The van der Waals surface area contributed by atoms with Crippen LogP contribution in [0.2, 0.25) is 0 Å². The van der Waals surface area contributed by atoms with Crippen LogP contribution in [0, 0.1) is 0 Å². The van der Waals surface area contributed by atoms with Gasteiger partial charge in [0.1, 0.15) is 5.75 Å². The zero-order valence-electron chi connectivity index (χ0n) is 13.4. The van der Waals surface area contributed by atoms with Crippen LogP contribution in [0.4, 0.5) is 0 Å². The highest BCUT2D eigenvalue weighted by Crippen LogP contribution is 2.37. The normalized spacial score (nSPS) is 24.0. The van der Waals surface area contributed by atoms with E-state index in [9.17, 15) is 0 Å². The Bertz CT molecular complexity index is 521. The molecule has 2 heterocycles. The number of rotatable bonds is 3. The standard InChI is InChI=1S/C16H23BO4/c1-15(2)16(3,4)21-17(20-15)12-6-7-13(11-9-19-10-11)14(8-12)18-5/h6-8,11H,9-10H2,1-5H3. The van der Waals surface area contributed by atoms with Crippen molar-refractivity contribution in [1.82, 2.24) is 0 Å². The maximum atomic E-state index is 6.09. The molecule has 2 fully saturated rings. The molecule has 0 atom stereocenters. The van der Waals surface area contributed by atoms with Crippen molar-refractivity contribution in [3.05, 3.63) is 23.8 Å². The second-order valence-electron chi connectivity index (χ2n) is 6.82. The number of hydrogen-bond acceptors (Lipinski definition) is 4. The van der Waals surface area contributed by atoms with Gasteiger partial charge in [-0.3, -0.25) is 0 Å². The van der Waals surface area contributed by atoms with E-state index in [0.29, 0.717) is 5.92 Å². The third-order valence-corrected chi connectivity index (χ3v) is 4.86.